The fraction of sp³-hybridized carbons (Fsp3) is 0.500. The zero-order valence-electron chi connectivity index (χ0n) is 13.7. The fourth-order valence-electron chi connectivity index (χ4n) is 4.35. The molecule has 3 heterocycles. The molecule has 0 radical (unpaired) electrons. The second-order valence-corrected chi connectivity index (χ2v) is 8.03. The average molecular weight is 327 g/mol. The Morgan fingerprint density at radius 1 is 1.00 bits per heavy atom. The number of hydrogen-bond donors (Lipinski definition) is 1. The molecule has 3 heteroatoms. The highest BCUT2D eigenvalue weighted by Crippen LogP contribution is 2.36. The van der Waals surface area contributed by atoms with Crippen molar-refractivity contribution in [2.24, 2.45) is 0 Å². The molecule has 122 valence electrons. The molecule has 2 nitrogen and oxygen atoms in total. The van der Waals surface area contributed by atoms with Crippen LogP contribution in [0.5, 0.6) is 0 Å². The fourth-order valence-corrected chi connectivity index (χ4v) is 5.06. The van der Waals surface area contributed by atoms with Gasteiger partial charge < -0.3 is 5.32 Å². The third kappa shape index (κ3) is 3.68. The molecule has 2 aromatic rings. The minimum absolute atomic E-state index is 0.722. The van der Waals surface area contributed by atoms with Gasteiger partial charge in [0.2, 0.25) is 0 Å². The summed E-state index contributed by atoms with van der Waals surface area (Å²) in [6, 6.07) is 17.7. The normalized spacial score (nSPS) is 27.4. The lowest BCUT2D eigenvalue weighted by atomic mass is 9.96. The first-order valence-corrected chi connectivity index (χ1v) is 9.82. The molecular weight excluding hydrogens is 300 g/mol. The first-order valence-electron chi connectivity index (χ1n) is 8.94. The summed E-state index contributed by atoms with van der Waals surface area (Å²) in [6.07, 6.45) is 6.61. The number of hydrogen-bond acceptors (Lipinski definition) is 3. The van der Waals surface area contributed by atoms with Crippen LogP contribution in [0.15, 0.2) is 47.8 Å². The highest BCUT2D eigenvalue weighted by Gasteiger charge is 2.40. The molecule has 1 aromatic carbocycles. The van der Waals surface area contributed by atoms with Gasteiger partial charge in [-0.05, 0) is 49.1 Å². The number of thiophene rings is 1. The molecule has 0 saturated carbocycles. The summed E-state index contributed by atoms with van der Waals surface area (Å²) < 4.78 is 0. The number of piperidine rings is 1. The maximum Gasteiger partial charge on any atom is 0.0239 e. The van der Waals surface area contributed by atoms with Crippen LogP contribution in [0, 0.1) is 0 Å². The number of nitrogens with zero attached hydrogens (tertiary/aromatic N) is 1. The second kappa shape index (κ2) is 7.16. The van der Waals surface area contributed by atoms with E-state index in [1.807, 2.05) is 11.3 Å². The summed E-state index contributed by atoms with van der Waals surface area (Å²) in [5, 5.41) is 6.00. The van der Waals surface area contributed by atoms with Crippen LogP contribution in [-0.4, -0.2) is 29.6 Å². The van der Waals surface area contributed by atoms with Crippen molar-refractivity contribution in [3.8, 4) is 0 Å². The Morgan fingerprint density at radius 2 is 1.78 bits per heavy atom. The van der Waals surface area contributed by atoms with Crippen LogP contribution < -0.4 is 5.32 Å². The number of benzene rings is 1. The van der Waals surface area contributed by atoms with Crippen LogP contribution >= 0.6 is 11.3 Å². The molecule has 2 aliphatic heterocycles. The molecule has 2 fully saturated rings. The summed E-state index contributed by atoms with van der Waals surface area (Å²) in [5.74, 6) is 0. The summed E-state index contributed by atoms with van der Waals surface area (Å²) in [7, 11) is 0. The molecule has 0 amide bonds. The Labute approximate surface area is 143 Å². The van der Waals surface area contributed by atoms with Crippen LogP contribution in [0.25, 0.3) is 0 Å². The summed E-state index contributed by atoms with van der Waals surface area (Å²) in [6.45, 7) is 2.27. The summed E-state index contributed by atoms with van der Waals surface area (Å²) >= 11 is 1.88. The van der Waals surface area contributed by atoms with Gasteiger partial charge in [-0.3, -0.25) is 4.90 Å². The van der Waals surface area contributed by atoms with E-state index < -0.39 is 0 Å². The van der Waals surface area contributed by atoms with Crippen LogP contribution in [0.2, 0.25) is 0 Å². The molecule has 0 spiro atoms. The van der Waals surface area contributed by atoms with E-state index in [0.717, 1.165) is 31.2 Å². The lowest BCUT2D eigenvalue weighted by Gasteiger charge is -2.39. The molecule has 4 rings (SSSR count). The van der Waals surface area contributed by atoms with E-state index in [2.05, 4.69) is 58.1 Å². The Morgan fingerprint density at radius 3 is 2.48 bits per heavy atom. The second-order valence-electron chi connectivity index (χ2n) is 6.99. The van der Waals surface area contributed by atoms with Gasteiger partial charge in [0, 0.05) is 36.1 Å². The third-order valence-electron chi connectivity index (χ3n) is 5.48. The number of nitrogens with one attached hydrogen (secondary N) is 1. The topological polar surface area (TPSA) is 15.3 Å². The van der Waals surface area contributed by atoms with Gasteiger partial charge in [-0.2, -0.15) is 0 Å². The van der Waals surface area contributed by atoms with Gasteiger partial charge in [-0.15, -0.1) is 11.3 Å². The molecule has 2 saturated heterocycles. The van der Waals surface area contributed by atoms with E-state index in [1.165, 1.54) is 42.5 Å². The Kier molecular flexibility index (Phi) is 4.79. The minimum Gasteiger partial charge on any atom is -0.314 e. The van der Waals surface area contributed by atoms with Gasteiger partial charge in [0.05, 0.1) is 0 Å². The Hall–Kier alpha value is -1.16. The van der Waals surface area contributed by atoms with Crippen molar-refractivity contribution in [1.82, 2.24) is 10.2 Å². The van der Waals surface area contributed by atoms with Crippen molar-refractivity contribution >= 4 is 11.3 Å². The number of rotatable bonds is 6. The SMILES string of the molecule is c1ccc(CN2[C@@H]3CC[C@H]2CC(NCCc2cccs2)C3)cc1. The molecule has 3 atom stereocenters. The highest BCUT2D eigenvalue weighted by atomic mass is 32.1. The van der Waals surface area contributed by atoms with E-state index in [1.54, 1.807) is 0 Å². The molecule has 1 aromatic heterocycles. The van der Waals surface area contributed by atoms with Crippen molar-refractivity contribution in [1.29, 1.82) is 0 Å². The molecule has 1 unspecified atom stereocenters. The van der Waals surface area contributed by atoms with Gasteiger partial charge in [0.25, 0.3) is 0 Å². The molecule has 0 aliphatic carbocycles. The third-order valence-corrected chi connectivity index (χ3v) is 6.41. The summed E-state index contributed by atoms with van der Waals surface area (Å²) in [5.41, 5.74) is 1.47. The average Bonchev–Trinajstić information content (AvgIpc) is 3.15. The van der Waals surface area contributed by atoms with E-state index in [0.29, 0.717) is 0 Å². The van der Waals surface area contributed by atoms with Crippen molar-refractivity contribution < 1.29 is 0 Å². The largest absolute Gasteiger partial charge is 0.314 e. The van der Waals surface area contributed by atoms with Gasteiger partial charge in [-0.25, -0.2) is 0 Å². The van der Waals surface area contributed by atoms with Gasteiger partial charge in [-0.1, -0.05) is 36.4 Å². The molecule has 23 heavy (non-hydrogen) atoms. The zero-order chi connectivity index (χ0) is 15.5. The Balaban J connectivity index is 1.29. The lowest BCUT2D eigenvalue weighted by Crippen LogP contribution is -2.48. The van der Waals surface area contributed by atoms with Crippen molar-refractivity contribution in [3.05, 3.63) is 58.3 Å². The standard InChI is InChI=1S/C20H26N2S/c1-2-5-16(6-3-1)15-22-18-8-9-19(22)14-17(13-18)21-11-10-20-7-4-12-23-20/h1-7,12,17-19,21H,8-11,13-15H2/t17?,18-,19+. The molecular formula is C20H26N2S. The van der Waals surface area contributed by atoms with Gasteiger partial charge in [0.1, 0.15) is 0 Å². The number of fused-ring (bicyclic) bond motifs is 2. The van der Waals surface area contributed by atoms with Crippen LogP contribution in [-0.2, 0) is 13.0 Å². The maximum absolute atomic E-state index is 3.83. The lowest BCUT2D eigenvalue weighted by molar-refractivity contribution is 0.109. The van der Waals surface area contributed by atoms with Crippen LogP contribution in [0.4, 0.5) is 0 Å². The van der Waals surface area contributed by atoms with E-state index in [9.17, 15) is 0 Å². The first-order chi connectivity index (χ1) is 11.4. The van der Waals surface area contributed by atoms with Crippen molar-refractivity contribution in [3.63, 3.8) is 0 Å². The maximum atomic E-state index is 3.83. The van der Waals surface area contributed by atoms with Crippen molar-refractivity contribution in [2.75, 3.05) is 6.54 Å². The monoisotopic (exact) mass is 326 g/mol. The van der Waals surface area contributed by atoms with Crippen LogP contribution in [0.3, 0.4) is 0 Å². The van der Waals surface area contributed by atoms with E-state index in [4.69, 9.17) is 0 Å². The van der Waals surface area contributed by atoms with E-state index >= 15 is 0 Å². The van der Waals surface area contributed by atoms with E-state index in [-0.39, 0.29) is 0 Å². The van der Waals surface area contributed by atoms with Gasteiger partial charge in [0.15, 0.2) is 0 Å². The Bertz CT molecular complexity index is 581. The smallest absolute Gasteiger partial charge is 0.0239 e. The molecule has 2 aliphatic rings. The highest BCUT2D eigenvalue weighted by molar-refractivity contribution is 7.09. The molecule has 1 N–H and O–H groups in total. The summed E-state index contributed by atoms with van der Waals surface area (Å²) in [4.78, 5) is 4.27. The predicted octanol–water partition coefficient (Wildman–Crippen LogP) is 4.08. The predicted molar refractivity (Wildman–Crippen MR) is 97.8 cm³/mol. The van der Waals surface area contributed by atoms with Crippen molar-refractivity contribution in [2.45, 2.75) is 56.8 Å². The van der Waals surface area contributed by atoms with Gasteiger partial charge >= 0.3 is 0 Å². The molecule has 2 bridgehead atoms. The first kappa shape index (κ1) is 15.4. The minimum atomic E-state index is 0.722. The quantitative estimate of drug-likeness (QED) is 0.860. The van der Waals surface area contributed by atoms with Crippen LogP contribution in [0.1, 0.15) is 36.1 Å². The zero-order valence-corrected chi connectivity index (χ0v) is 14.5.